The molecule has 0 spiro atoms. The molecule has 0 N–H and O–H groups in total. The van der Waals surface area contributed by atoms with Gasteiger partial charge in [-0.25, -0.2) is 9.97 Å². The molecule has 0 radical (unpaired) electrons. The molecular weight excluding hydrogens is 306 g/mol. The van der Waals surface area contributed by atoms with Crippen LogP contribution in [-0.2, 0) is 0 Å². The third-order valence-corrected chi connectivity index (χ3v) is 5.35. The Hall–Kier alpha value is -2.27. The molecule has 116 valence electrons. The number of hydrogen-bond donors (Lipinski definition) is 0. The number of benzene rings is 1. The van der Waals surface area contributed by atoms with Crippen LogP contribution in [0.1, 0.15) is 40.1 Å². The second-order valence-corrected chi connectivity index (χ2v) is 6.90. The van der Waals surface area contributed by atoms with Gasteiger partial charge in [-0.1, -0.05) is 18.2 Å². The van der Waals surface area contributed by atoms with Gasteiger partial charge in [0.25, 0.3) is 5.91 Å². The van der Waals surface area contributed by atoms with Crippen molar-refractivity contribution >= 4 is 27.5 Å². The lowest BCUT2D eigenvalue weighted by atomic mass is 10.2. The molecule has 1 saturated heterocycles. The first-order chi connectivity index (χ1) is 11.2. The zero-order chi connectivity index (χ0) is 15.8. The van der Waals surface area contributed by atoms with Crippen molar-refractivity contribution in [3.8, 4) is 0 Å². The summed E-state index contributed by atoms with van der Waals surface area (Å²) in [7, 11) is 0. The number of para-hydroxylation sites is 1. The molecule has 5 heteroatoms. The highest BCUT2D eigenvalue weighted by atomic mass is 32.1. The number of rotatable bonds is 2. The van der Waals surface area contributed by atoms with E-state index in [-0.39, 0.29) is 11.9 Å². The molecule has 0 bridgehead atoms. The average molecular weight is 323 g/mol. The van der Waals surface area contributed by atoms with Gasteiger partial charge in [-0.15, -0.1) is 11.3 Å². The number of aryl methyl sites for hydroxylation is 1. The fraction of sp³-hybridized carbons (Fsp3) is 0.278. The highest BCUT2D eigenvalue weighted by Gasteiger charge is 2.33. The molecule has 1 unspecified atom stereocenters. The minimum atomic E-state index is 0.00968. The minimum Gasteiger partial charge on any atom is -0.328 e. The molecule has 4 nitrogen and oxygen atoms in total. The Morgan fingerprint density at radius 1 is 1.17 bits per heavy atom. The van der Waals surface area contributed by atoms with Crippen molar-refractivity contribution in [3.05, 3.63) is 58.9 Å². The summed E-state index contributed by atoms with van der Waals surface area (Å²) in [5, 5.41) is 1.03. The highest BCUT2D eigenvalue weighted by Crippen LogP contribution is 2.37. The zero-order valence-corrected chi connectivity index (χ0v) is 13.7. The normalized spacial score (nSPS) is 17.8. The quantitative estimate of drug-likeness (QED) is 0.716. The molecule has 1 aliphatic heterocycles. The van der Waals surface area contributed by atoms with Crippen molar-refractivity contribution in [1.82, 2.24) is 14.9 Å². The lowest BCUT2D eigenvalue weighted by molar-refractivity contribution is 0.0729. The molecule has 23 heavy (non-hydrogen) atoms. The van der Waals surface area contributed by atoms with E-state index in [0.717, 1.165) is 35.6 Å². The monoisotopic (exact) mass is 323 g/mol. The molecule has 4 rings (SSSR count). The van der Waals surface area contributed by atoms with E-state index in [0.29, 0.717) is 5.69 Å². The number of amides is 1. The number of nitrogens with zero attached hydrogens (tertiary/aromatic N) is 3. The fourth-order valence-corrected chi connectivity index (χ4v) is 4.22. The van der Waals surface area contributed by atoms with E-state index in [2.05, 4.69) is 11.1 Å². The lowest BCUT2D eigenvalue weighted by Crippen LogP contribution is -2.31. The van der Waals surface area contributed by atoms with Crippen molar-refractivity contribution in [2.45, 2.75) is 25.8 Å². The summed E-state index contributed by atoms with van der Waals surface area (Å²) in [4.78, 5) is 23.9. The van der Waals surface area contributed by atoms with E-state index in [1.165, 1.54) is 4.70 Å². The Morgan fingerprint density at radius 2 is 2.04 bits per heavy atom. The van der Waals surface area contributed by atoms with E-state index in [1.54, 1.807) is 17.4 Å². The van der Waals surface area contributed by atoms with Gasteiger partial charge in [-0.3, -0.25) is 4.79 Å². The first kappa shape index (κ1) is 14.3. The average Bonchev–Trinajstić information content (AvgIpc) is 3.20. The Morgan fingerprint density at radius 3 is 2.87 bits per heavy atom. The highest BCUT2D eigenvalue weighted by molar-refractivity contribution is 7.18. The van der Waals surface area contributed by atoms with Gasteiger partial charge in [0.1, 0.15) is 10.7 Å². The van der Waals surface area contributed by atoms with Crippen LogP contribution in [0.15, 0.2) is 42.5 Å². The number of likely N-dealkylation sites (tertiary alicyclic amines) is 1. The number of hydrogen-bond acceptors (Lipinski definition) is 4. The van der Waals surface area contributed by atoms with Crippen molar-refractivity contribution in [2.24, 2.45) is 0 Å². The van der Waals surface area contributed by atoms with Crippen molar-refractivity contribution in [2.75, 3.05) is 6.54 Å². The fourth-order valence-electron chi connectivity index (χ4n) is 3.11. The van der Waals surface area contributed by atoms with Gasteiger partial charge in [-0.05, 0) is 44.0 Å². The lowest BCUT2D eigenvalue weighted by Gasteiger charge is -2.22. The van der Waals surface area contributed by atoms with Crippen LogP contribution in [0, 0.1) is 6.92 Å². The predicted molar refractivity (Wildman–Crippen MR) is 91.6 cm³/mol. The molecule has 1 amide bonds. The molecule has 1 aliphatic rings. The molecule has 2 aromatic heterocycles. The number of carbonyl (C=O) groups is 1. The summed E-state index contributed by atoms with van der Waals surface area (Å²) in [6, 6.07) is 13.8. The van der Waals surface area contributed by atoms with Gasteiger partial charge < -0.3 is 4.90 Å². The van der Waals surface area contributed by atoms with Gasteiger partial charge in [0.2, 0.25) is 0 Å². The Bertz CT molecular complexity index is 840. The van der Waals surface area contributed by atoms with Gasteiger partial charge in [0.15, 0.2) is 0 Å². The first-order valence-electron chi connectivity index (χ1n) is 7.82. The standard InChI is InChI=1S/C18H17N3OS/c1-12-6-4-8-14(19-12)18(22)21-11-5-9-15(21)17-20-13-7-2-3-10-16(13)23-17/h2-4,6-8,10,15H,5,9,11H2,1H3. The predicted octanol–water partition coefficient (Wildman–Crippen LogP) is 3.98. The summed E-state index contributed by atoms with van der Waals surface area (Å²) in [6.07, 6.45) is 1.98. The second-order valence-electron chi connectivity index (χ2n) is 5.84. The van der Waals surface area contributed by atoms with E-state index < -0.39 is 0 Å². The summed E-state index contributed by atoms with van der Waals surface area (Å²) < 4.78 is 1.18. The summed E-state index contributed by atoms with van der Waals surface area (Å²) in [5.41, 5.74) is 2.41. The molecule has 3 aromatic rings. The third kappa shape index (κ3) is 2.61. The molecule has 1 atom stereocenters. The van der Waals surface area contributed by atoms with Gasteiger partial charge >= 0.3 is 0 Å². The Kier molecular flexibility index (Phi) is 3.58. The van der Waals surface area contributed by atoms with E-state index >= 15 is 0 Å². The van der Waals surface area contributed by atoms with Gasteiger partial charge in [0, 0.05) is 12.2 Å². The van der Waals surface area contributed by atoms with Crippen LogP contribution in [0.25, 0.3) is 10.2 Å². The molecule has 1 fully saturated rings. The SMILES string of the molecule is Cc1cccc(C(=O)N2CCCC2c2nc3ccccc3s2)n1. The van der Waals surface area contributed by atoms with Crippen LogP contribution < -0.4 is 0 Å². The molecule has 3 heterocycles. The number of aromatic nitrogens is 2. The number of fused-ring (bicyclic) bond motifs is 1. The van der Waals surface area contributed by atoms with Gasteiger partial charge in [-0.2, -0.15) is 0 Å². The van der Waals surface area contributed by atoms with Crippen LogP contribution in [0.3, 0.4) is 0 Å². The van der Waals surface area contributed by atoms with E-state index in [9.17, 15) is 4.79 Å². The van der Waals surface area contributed by atoms with Crippen LogP contribution in [0.4, 0.5) is 0 Å². The largest absolute Gasteiger partial charge is 0.328 e. The maximum atomic E-state index is 12.8. The topological polar surface area (TPSA) is 46.1 Å². The van der Waals surface area contributed by atoms with Crippen molar-refractivity contribution < 1.29 is 4.79 Å². The van der Waals surface area contributed by atoms with Crippen molar-refractivity contribution in [1.29, 1.82) is 0 Å². The van der Waals surface area contributed by atoms with E-state index in [1.807, 2.05) is 42.2 Å². The number of pyridine rings is 1. The summed E-state index contributed by atoms with van der Waals surface area (Å²) >= 11 is 1.69. The summed E-state index contributed by atoms with van der Waals surface area (Å²) in [5.74, 6) is 0.00968. The van der Waals surface area contributed by atoms with E-state index in [4.69, 9.17) is 4.98 Å². The number of thiazole rings is 1. The molecule has 0 saturated carbocycles. The summed E-state index contributed by atoms with van der Waals surface area (Å²) in [6.45, 7) is 2.68. The minimum absolute atomic E-state index is 0.00968. The molecular formula is C18H17N3OS. The van der Waals surface area contributed by atoms with Gasteiger partial charge in [0.05, 0.1) is 16.3 Å². The third-order valence-electron chi connectivity index (χ3n) is 4.22. The zero-order valence-electron chi connectivity index (χ0n) is 12.9. The molecule has 0 aliphatic carbocycles. The maximum Gasteiger partial charge on any atom is 0.273 e. The van der Waals surface area contributed by atoms with Crippen LogP contribution in [0.5, 0.6) is 0 Å². The van der Waals surface area contributed by atoms with Crippen LogP contribution in [0.2, 0.25) is 0 Å². The molecule has 1 aromatic carbocycles. The first-order valence-corrected chi connectivity index (χ1v) is 8.64. The van der Waals surface area contributed by atoms with Crippen LogP contribution >= 0.6 is 11.3 Å². The van der Waals surface area contributed by atoms with Crippen molar-refractivity contribution in [3.63, 3.8) is 0 Å². The maximum absolute atomic E-state index is 12.8. The second kappa shape index (κ2) is 5.74. The number of carbonyl (C=O) groups excluding carboxylic acids is 1. The van der Waals surface area contributed by atoms with Crippen LogP contribution in [-0.4, -0.2) is 27.3 Å². The Balaban J connectivity index is 1.67. The Labute approximate surface area is 138 Å². The smallest absolute Gasteiger partial charge is 0.273 e.